The molecule has 1 aliphatic heterocycles. The van der Waals surface area contributed by atoms with E-state index in [1.54, 1.807) is 52.8 Å². The van der Waals surface area contributed by atoms with Gasteiger partial charge in [-0.2, -0.15) is 4.31 Å². The van der Waals surface area contributed by atoms with Crippen LogP contribution in [-0.2, 0) is 10.0 Å². The van der Waals surface area contributed by atoms with Crippen molar-refractivity contribution < 1.29 is 17.9 Å². The van der Waals surface area contributed by atoms with Crippen molar-refractivity contribution >= 4 is 38.9 Å². The summed E-state index contributed by atoms with van der Waals surface area (Å²) in [6.45, 7) is 3.56. The summed E-state index contributed by atoms with van der Waals surface area (Å²) in [5.41, 5.74) is 1.04. The Balaban J connectivity index is 1.58. The summed E-state index contributed by atoms with van der Waals surface area (Å²) >= 11 is 5.21. The maximum atomic E-state index is 12.9. The lowest BCUT2D eigenvalue weighted by Crippen LogP contribution is -2.34. The summed E-state index contributed by atoms with van der Waals surface area (Å²) in [4.78, 5) is 12.6. The van der Waals surface area contributed by atoms with Crippen LogP contribution in [0.1, 0.15) is 43.0 Å². The molecule has 7 nitrogen and oxygen atoms in total. The summed E-state index contributed by atoms with van der Waals surface area (Å²) < 4.78 is 32.6. The van der Waals surface area contributed by atoms with Gasteiger partial charge < -0.3 is 10.1 Å². The van der Waals surface area contributed by atoms with E-state index in [-0.39, 0.29) is 15.9 Å². The smallest absolute Gasteiger partial charge is 0.257 e. The highest BCUT2D eigenvalue weighted by Gasteiger charge is 2.24. The van der Waals surface area contributed by atoms with Gasteiger partial charge in [-0.05, 0) is 80.5 Å². The van der Waals surface area contributed by atoms with Crippen LogP contribution < -0.4 is 15.4 Å². The Morgan fingerprint density at radius 2 is 1.61 bits per heavy atom. The van der Waals surface area contributed by atoms with Gasteiger partial charge in [0, 0.05) is 24.3 Å². The maximum Gasteiger partial charge on any atom is 0.257 e. The van der Waals surface area contributed by atoms with Gasteiger partial charge in [0.05, 0.1) is 11.5 Å². The highest BCUT2D eigenvalue weighted by Crippen LogP contribution is 2.22. The molecule has 0 aliphatic carbocycles. The van der Waals surface area contributed by atoms with Crippen molar-refractivity contribution in [1.82, 2.24) is 9.62 Å². The van der Waals surface area contributed by atoms with Crippen LogP contribution in [0, 0.1) is 0 Å². The van der Waals surface area contributed by atoms with E-state index in [9.17, 15) is 13.2 Å². The van der Waals surface area contributed by atoms with Gasteiger partial charge >= 0.3 is 0 Å². The Hall–Kier alpha value is -2.49. The second kappa shape index (κ2) is 10.7. The summed E-state index contributed by atoms with van der Waals surface area (Å²) in [6.07, 6.45) is 3.91. The number of sulfonamides is 1. The zero-order valence-electron chi connectivity index (χ0n) is 17.5. The minimum atomic E-state index is -3.50. The fourth-order valence-corrected chi connectivity index (χ4v) is 5.08. The van der Waals surface area contributed by atoms with E-state index < -0.39 is 10.0 Å². The van der Waals surface area contributed by atoms with E-state index in [4.69, 9.17) is 17.0 Å². The first-order valence-corrected chi connectivity index (χ1v) is 12.2. The molecule has 9 heteroatoms. The molecule has 2 N–H and O–H groups in total. The molecule has 0 atom stereocenters. The lowest BCUT2D eigenvalue weighted by atomic mass is 10.2. The fraction of sp³-hybridized carbons (Fsp3) is 0.364. The Labute approximate surface area is 188 Å². The number of hydrogen-bond acceptors (Lipinski definition) is 5. The molecule has 31 heavy (non-hydrogen) atoms. The SMILES string of the molecule is CCOc1ccc(C(=O)NC(=S)Nc2ccc(S(=O)(=O)N3CCCCCC3)cc2)cc1. The van der Waals surface area contributed by atoms with Crippen LogP contribution in [0.2, 0.25) is 0 Å². The first kappa shape index (κ1) is 23.2. The van der Waals surface area contributed by atoms with E-state index in [0.717, 1.165) is 25.7 Å². The number of carbonyl (C=O) groups is 1. The second-order valence-corrected chi connectivity index (χ2v) is 9.55. The van der Waals surface area contributed by atoms with Crippen LogP contribution in [0.5, 0.6) is 5.75 Å². The molecule has 0 radical (unpaired) electrons. The van der Waals surface area contributed by atoms with E-state index in [1.165, 1.54) is 0 Å². The van der Waals surface area contributed by atoms with Crippen LogP contribution in [0.4, 0.5) is 5.69 Å². The molecule has 0 spiro atoms. The molecular weight excluding hydrogens is 434 g/mol. The Morgan fingerprint density at radius 3 is 2.19 bits per heavy atom. The molecule has 2 aromatic rings. The van der Waals surface area contributed by atoms with Crippen molar-refractivity contribution in [2.45, 2.75) is 37.5 Å². The van der Waals surface area contributed by atoms with Gasteiger partial charge in [-0.25, -0.2) is 8.42 Å². The van der Waals surface area contributed by atoms with Gasteiger partial charge in [0.2, 0.25) is 10.0 Å². The van der Waals surface area contributed by atoms with Gasteiger partial charge in [0.25, 0.3) is 5.91 Å². The number of ether oxygens (including phenoxy) is 1. The average Bonchev–Trinajstić information content (AvgIpc) is 3.05. The van der Waals surface area contributed by atoms with Crippen molar-refractivity contribution in [2.24, 2.45) is 0 Å². The Morgan fingerprint density at radius 1 is 1.00 bits per heavy atom. The molecule has 3 rings (SSSR count). The lowest BCUT2D eigenvalue weighted by Gasteiger charge is -2.20. The van der Waals surface area contributed by atoms with Crippen molar-refractivity contribution in [1.29, 1.82) is 0 Å². The third-order valence-electron chi connectivity index (χ3n) is 4.97. The van der Waals surface area contributed by atoms with E-state index >= 15 is 0 Å². The summed E-state index contributed by atoms with van der Waals surface area (Å²) in [5, 5.41) is 5.65. The number of nitrogens with zero attached hydrogens (tertiary/aromatic N) is 1. The molecule has 0 aromatic heterocycles. The third-order valence-corrected chi connectivity index (χ3v) is 7.09. The summed E-state index contributed by atoms with van der Waals surface area (Å²) in [6, 6.07) is 13.1. The minimum absolute atomic E-state index is 0.127. The topological polar surface area (TPSA) is 87.7 Å². The molecule has 0 unspecified atom stereocenters. The van der Waals surface area contributed by atoms with Crippen LogP contribution in [0.15, 0.2) is 53.4 Å². The number of hydrogen-bond donors (Lipinski definition) is 2. The zero-order chi connectivity index (χ0) is 22.3. The normalized spacial score (nSPS) is 15.0. The van der Waals surface area contributed by atoms with Crippen LogP contribution in [0.25, 0.3) is 0 Å². The van der Waals surface area contributed by atoms with Gasteiger partial charge in [-0.1, -0.05) is 12.8 Å². The Kier molecular flexibility index (Phi) is 8.00. The highest BCUT2D eigenvalue weighted by molar-refractivity contribution is 7.89. The molecule has 1 saturated heterocycles. The average molecular weight is 462 g/mol. The molecule has 1 aliphatic rings. The van der Waals surface area contributed by atoms with Crippen molar-refractivity contribution in [3.05, 3.63) is 54.1 Å². The molecule has 1 fully saturated rings. The Bertz CT molecular complexity index is 998. The van der Waals surface area contributed by atoms with E-state index in [0.29, 0.717) is 36.7 Å². The molecule has 166 valence electrons. The molecule has 1 heterocycles. The number of anilines is 1. The predicted molar refractivity (Wildman–Crippen MR) is 125 cm³/mol. The predicted octanol–water partition coefficient (Wildman–Crippen LogP) is 3.78. The fourth-order valence-electron chi connectivity index (χ4n) is 3.35. The second-order valence-electron chi connectivity index (χ2n) is 7.21. The molecule has 0 bridgehead atoms. The monoisotopic (exact) mass is 461 g/mol. The van der Waals surface area contributed by atoms with Gasteiger partial charge in [-0.15, -0.1) is 0 Å². The zero-order valence-corrected chi connectivity index (χ0v) is 19.1. The number of carbonyl (C=O) groups excluding carboxylic acids is 1. The van der Waals surface area contributed by atoms with E-state index in [1.807, 2.05) is 6.92 Å². The van der Waals surface area contributed by atoms with Crippen LogP contribution >= 0.6 is 12.2 Å². The standard InChI is InChI=1S/C22H27N3O4S2/c1-2-29-19-11-7-17(8-12-19)21(26)24-22(30)23-18-9-13-20(14-10-18)31(27,28)25-15-5-3-4-6-16-25/h7-14H,2-6,15-16H2,1H3,(H2,23,24,26,30). The largest absolute Gasteiger partial charge is 0.494 e. The molecular formula is C22H27N3O4S2. The van der Waals surface area contributed by atoms with E-state index in [2.05, 4.69) is 10.6 Å². The van der Waals surface area contributed by atoms with Gasteiger partial charge in [0.15, 0.2) is 5.11 Å². The maximum absolute atomic E-state index is 12.9. The summed E-state index contributed by atoms with van der Waals surface area (Å²) in [5.74, 6) is 0.343. The summed E-state index contributed by atoms with van der Waals surface area (Å²) in [7, 11) is -3.50. The first-order valence-electron chi connectivity index (χ1n) is 10.4. The van der Waals surface area contributed by atoms with Crippen molar-refractivity contribution in [3.8, 4) is 5.75 Å². The third kappa shape index (κ3) is 6.25. The van der Waals surface area contributed by atoms with Crippen LogP contribution in [-0.4, -0.2) is 43.4 Å². The van der Waals surface area contributed by atoms with Gasteiger partial charge in [0.1, 0.15) is 5.75 Å². The lowest BCUT2D eigenvalue weighted by molar-refractivity contribution is 0.0977. The number of amides is 1. The molecule has 0 saturated carbocycles. The van der Waals surface area contributed by atoms with Gasteiger partial charge in [-0.3, -0.25) is 10.1 Å². The number of thiocarbonyl (C=S) groups is 1. The number of rotatable bonds is 6. The number of benzene rings is 2. The quantitative estimate of drug-likeness (QED) is 0.637. The minimum Gasteiger partial charge on any atom is -0.494 e. The van der Waals surface area contributed by atoms with Crippen molar-refractivity contribution in [3.63, 3.8) is 0 Å². The van der Waals surface area contributed by atoms with Crippen LogP contribution in [0.3, 0.4) is 0 Å². The highest BCUT2D eigenvalue weighted by atomic mass is 32.2. The molecule has 2 aromatic carbocycles. The van der Waals surface area contributed by atoms with Crippen molar-refractivity contribution in [2.75, 3.05) is 25.0 Å². The molecule has 1 amide bonds. The number of nitrogens with one attached hydrogen (secondary N) is 2. The first-order chi connectivity index (χ1) is 14.9.